The Bertz CT molecular complexity index is 719. The largest absolute Gasteiger partial charge is 0.507 e. The van der Waals surface area contributed by atoms with E-state index in [2.05, 4.69) is 4.98 Å². The van der Waals surface area contributed by atoms with Crippen LogP contribution in [-0.4, -0.2) is 10.1 Å². The van der Waals surface area contributed by atoms with E-state index in [0.717, 1.165) is 27.7 Å². The van der Waals surface area contributed by atoms with Crippen molar-refractivity contribution in [3.8, 4) is 17.0 Å². The van der Waals surface area contributed by atoms with Crippen molar-refractivity contribution >= 4 is 10.9 Å². The lowest BCUT2D eigenvalue weighted by Crippen LogP contribution is -1.88. The van der Waals surface area contributed by atoms with Crippen molar-refractivity contribution in [2.24, 2.45) is 0 Å². The second kappa shape index (κ2) is 4.15. The molecule has 3 rings (SSSR count). The fourth-order valence-electron chi connectivity index (χ4n) is 2.14. The van der Waals surface area contributed by atoms with Crippen molar-refractivity contribution in [3.63, 3.8) is 0 Å². The number of hydrogen-bond donors (Lipinski definition) is 1. The van der Waals surface area contributed by atoms with Crippen LogP contribution in [0.3, 0.4) is 0 Å². The van der Waals surface area contributed by atoms with Crippen molar-refractivity contribution in [3.05, 3.63) is 60.2 Å². The van der Waals surface area contributed by atoms with E-state index in [1.165, 1.54) is 0 Å². The van der Waals surface area contributed by atoms with Gasteiger partial charge < -0.3 is 5.11 Å². The minimum atomic E-state index is 0.262. The van der Waals surface area contributed by atoms with Gasteiger partial charge >= 0.3 is 0 Å². The van der Waals surface area contributed by atoms with Gasteiger partial charge in [-0.05, 0) is 30.7 Å². The Morgan fingerprint density at radius 2 is 1.72 bits per heavy atom. The number of phenols is 1. The predicted octanol–water partition coefficient (Wildman–Crippen LogP) is 3.92. The van der Waals surface area contributed by atoms with E-state index in [1.54, 1.807) is 6.07 Å². The maximum absolute atomic E-state index is 9.87. The monoisotopic (exact) mass is 235 g/mol. The van der Waals surface area contributed by atoms with Gasteiger partial charge in [-0.3, -0.25) is 0 Å². The molecule has 0 aliphatic heterocycles. The zero-order valence-electron chi connectivity index (χ0n) is 10.1. The van der Waals surface area contributed by atoms with Crippen molar-refractivity contribution in [2.75, 3.05) is 0 Å². The lowest BCUT2D eigenvalue weighted by atomic mass is 10.1. The molecule has 1 aromatic heterocycles. The van der Waals surface area contributed by atoms with E-state index in [4.69, 9.17) is 0 Å². The number of nitrogens with zero attached hydrogens (tertiary/aromatic N) is 1. The van der Waals surface area contributed by atoms with Gasteiger partial charge in [0.2, 0.25) is 0 Å². The molecule has 88 valence electrons. The third-order valence-electron chi connectivity index (χ3n) is 3.10. The van der Waals surface area contributed by atoms with Crippen LogP contribution in [0.25, 0.3) is 22.2 Å². The van der Waals surface area contributed by atoms with Crippen LogP contribution in [0.5, 0.6) is 5.75 Å². The second-order valence-electron chi connectivity index (χ2n) is 4.36. The first-order valence-electron chi connectivity index (χ1n) is 5.90. The molecule has 2 nitrogen and oxygen atoms in total. The van der Waals surface area contributed by atoms with E-state index >= 15 is 0 Å². The van der Waals surface area contributed by atoms with Gasteiger partial charge in [0, 0.05) is 10.9 Å². The molecule has 1 heterocycles. The van der Waals surface area contributed by atoms with E-state index in [1.807, 2.05) is 55.5 Å². The minimum Gasteiger partial charge on any atom is -0.507 e. The van der Waals surface area contributed by atoms with Crippen LogP contribution in [0.2, 0.25) is 0 Å². The standard InChI is InChI=1S/C16H13NO/c1-11-5-4-6-12-9-10-14(17-16(11)12)13-7-2-3-8-15(13)18/h2-10,18H,1H3. The number of para-hydroxylation sites is 2. The molecule has 0 amide bonds. The summed E-state index contributed by atoms with van der Waals surface area (Å²) in [5.74, 6) is 0.262. The normalized spacial score (nSPS) is 10.7. The summed E-state index contributed by atoms with van der Waals surface area (Å²) in [5.41, 5.74) is 3.69. The lowest BCUT2D eigenvalue weighted by molar-refractivity contribution is 0.477. The molecule has 0 bridgehead atoms. The molecule has 0 unspecified atom stereocenters. The Labute approximate surface area is 106 Å². The number of hydrogen-bond acceptors (Lipinski definition) is 2. The number of benzene rings is 2. The van der Waals surface area contributed by atoms with Crippen LogP contribution in [0.15, 0.2) is 54.6 Å². The van der Waals surface area contributed by atoms with Crippen LogP contribution in [0, 0.1) is 6.92 Å². The highest BCUT2D eigenvalue weighted by Gasteiger charge is 2.06. The molecule has 0 fully saturated rings. The van der Waals surface area contributed by atoms with Crippen molar-refractivity contribution in [1.29, 1.82) is 0 Å². The Hall–Kier alpha value is -2.35. The van der Waals surface area contributed by atoms with Gasteiger partial charge in [-0.25, -0.2) is 4.98 Å². The molecule has 1 N–H and O–H groups in total. The first-order valence-corrected chi connectivity index (χ1v) is 5.90. The smallest absolute Gasteiger partial charge is 0.124 e. The molecule has 18 heavy (non-hydrogen) atoms. The topological polar surface area (TPSA) is 33.1 Å². The maximum Gasteiger partial charge on any atom is 0.124 e. The predicted molar refractivity (Wildman–Crippen MR) is 73.6 cm³/mol. The summed E-state index contributed by atoms with van der Waals surface area (Å²) in [7, 11) is 0. The first-order chi connectivity index (χ1) is 8.75. The molecule has 2 heteroatoms. The van der Waals surface area contributed by atoms with Crippen molar-refractivity contribution in [2.45, 2.75) is 6.92 Å². The van der Waals surface area contributed by atoms with Crippen LogP contribution in [-0.2, 0) is 0 Å². The molecule has 0 radical (unpaired) electrons. The Morgan fingerprint density at radius 3 is 2.56 bits per heavy atom. The van der Waals surface area contributed by atoms with Crippen LogP contribution < -0.4 is 0 Å². The van der Waals surface area contributed by atoms with Gasteiger partial charge in [0.05, 0.1) is 11.2 Å². The number of aryl methyl sites for hydroxylation is 1. The number of fused-ring (bicyclic) bond motifs is 1. The van der Waals surface area contributed by atoms with E-state index < -0.39 is 0 Å². The summed E-state index contributed by atoms with van der Waals surface area (Å²) in [5, 5.41) is 11.0. The molecule has 0 spiro atoms. The molecule has 3 aromatic rings. The third kappa shape index (κ3) is 1.72. The van der Waals surface area contributed by atoms with Gasteiger partial charge in [0.15, 0.2) is 0 Å². The summed E-state index contributed by atoms with van der Waals surface area (Å²) in [6.45, 7) is 2.05. The van der Waals surface area contributed by atoms with E-state index in [-0.39, 0.29) is 5.75 Å². The quantitative estimate of drug-likeness (QED) is 0.693. The number of phenolic OH excluding ortho intramolecular Hbond substituents is 1. The molecular formula is C16H13NO. The number of rotatable bonds is 1. The van der Waals surface area contributed by atoms with Crippen molar-refractivity contribution < 1.29 is 5.11 Å². The zero-order chi connectivity index (χ0) is 12.5. The fourth-order valence-corrected chi connectivity index (χ4v) is 2.14. The van der Waals surface area contributed by atoms with Crippen molar-refractivity contribution in [1.82, 2.24) is 4.98 Å². The second-order valence-corrected chi connectivity index (χ2v) is 4.36. The van der Waals surface area contributed by atoms with Gasteiger partial charge in [0.25, 0.3) is 0 Å². The highest BCUT2D eigenvalue weighted by molar-refractivity contribution is 5.84. The summed E-state index contributed by atoms with van der Waals surface area (Å²) < 4.78 is 0. The van der Waals surface area contributed by atoms with Crippen LogP contribution in [0.4, 0.5) is 0 Å². The molecule has 0 aliphatic carbocycles. The minimum absolute atomic E-state index is 0.262. The number of pyridine rings is 1. The molecule has 0 saturated heterocycles. The summed E-state index contributed by atoms with van der Waals surface area (Å²) in [6, 6.07) is 17.4. The van der Waals surface area contributed by atoms with Gasteiger partial charge in [-0.15, -0.1) is 0 Å². The Kier molecular flexibility index (Phi) is 2.49. The summed E-state index contributed by atoms with van der Waals surface area (Å²) in [4.78, 5) is 4.65. The summed E-state index contributed by atoms with van der Waals surface area (Å²) >= 11 is 0. The van der Waals surface area contributed by atoms with E-state index in [0.29, 0.717) is 0 Å². The average Bonchev–Trinajstić information content (AvgIpc) is 2.40. The van der Waals surface area contributed by atoms with Gasteiger partial charge in [-0.2, -0.15) is 0 Å². The maximum atomic E-state index is 9.87. The van der Waals surface area contributed by atoms with Gasteiger partial charge in [0.1, 0.15) is 5.75 Å². The summed E-state index contributed by atoms with van der Waals surface area (Å²) in [6.07, 6.45) is 0. The average molecular weight is 235 g/mol. The molecule has 2 aromatic carbocycles. The Balaban J connectivity index is 2.26. The Morgan fingerprint density at radius 1 is 0.889 bits per heavy atom. The van der Waals surface area contributed by atoms with Crippen LogP contribution in [0.1, 0.15) is 5.56 Å². The zero-order valence-corrected chi connectivity index (χ0v) is 10.1. The number of aromatic hydroxyl groups is 1. The number of aromatic nitrogens is 1. The third-order valence-corrected chi connectivity index (χ3v) is 3.10. The van der Waals surface area contributed by atoms with Gasteiger partial charge in [-0.1, -0.05) is 36.4 Å². The fraction of sp³-hybridized carbons (Fsp3) is 0.0625. The highest BCUT2D eigenvalue weighted by atomic mass is 16.3. The molecule has 0 atom stereocenters. The van der Waals surface area contributed by atoms with Crippen LogP contribution >= 0.6 is 0 Å². The van der Waals surface area contributed by atoms with E-state index in [9.17, 15) is 5.11 Å². The highest BCUT2D eigenvalue weighted by Crippen LogP contribution is 2.29. The lowest BCUT2D eigenvalue weighted by Gasteiger charge is -2.06. The first kappa shape index (κ1) is 10.8. The molecule has 0 saturated carbocycles. The SMILES string of the molecule is Cc1cccc2ccc(-c3ccccc3O)nc12. The molecule has 0 aliphatic rings. The molecular weight excluding hydrogens is 222 g/mol.